The topological polar surface area (TPSA) is 6.48 Å². The van der Waals surface area contributed by atoms with Crippen LogP contribution in [0.15, 0.2) is 140 Å². The molecule has 0 saturated carbocycles. The number of hydrogen-bond acceptors (Lipinski definition) is 3. The van der Waals surface area contributed by atoms with Crippen LogP contribution in [0.2, 0.25) is 0 Å². The Bertz CT molecular complexity index is 2980. The van der Waals surface area contributed by atoms with Gasteiger partial charge in [-0.1, -0.05) is 159 Å². The third-order valence-corrected chi connectivity index (χ3v) is 14.4. The van der Waals surface area contributed by atoms with Gasteiger partial charge in [0.15, 0.2) is 0 Å². The van der Waals surface area contributed by atoms with Crippen molar-refractivity contribution >= 4 is 77.7 Å². The van der Waals surface area contributed by atoms with E-state index in [9.17, 15) is 0 Å². The van der Waals surface area contributed by atoms with E-state index in [1.165, 1.54) is 104 Å². The van der Waals surface area contributed by atoms with Crippen molar-refractivity contribution in [3.8, 4) is 22.3 Å². The van der Waals surface area contributed by atoms with Crippen LogP contribution < -0.4 is 20.6 Å². The van der Waals surface area contributed by atoms with Crippen LogP contribution in [-0.2, 0) is 16.2 Å². The highest BCUT2D eigenvalue weighted by Gasteiger charge is 2.51. The van der Waals surface area contributed by atoms with Crippen LogP contribution in [0.5, 0.6) is 0 Å². The molecule has 0 radical (unpaired) electrons. The lowest BCUT2D eigenvalue weighted by molar-refractivity contribution is 0.590. The quantitative estimate of drug-likeness (QED) is 0.162. The Balaban J connectivity index is 1.34. The lowest BCUT2D eigenvalue weighted by Gasteiger charge is -2.51. The summed E-state index contributed by atoms with van der Waals surface area (Å²) >= 11 is 1.95. The van der Waals surface area contributed by atoms with Gasteiger partial charge in [-0.05, 0) is 91.5 Å². The summed E-state index contributed by atoms with van der Waals surface area (Å²) in [6.45, 7) is 18.9. The fourth-order valence-corrected chi connectivity index (χ4v) is 11.4. The number of hydrogen-bond donors (Lipinski definition) is 0. The zero-order valence-electron chi connectivity index (χ0n) is 34.2. The number of fused-ring (bicyclic) bond motifs is 10. The Hall–Kier alpha value is -5.58. The van der Waals surface area contributed by atoms with Crippen molar-refractivity contribution in [2.24, 2.45) is 0 Å². The van der Waals surface area contributed by atoms with E-state index in [0.29, 0.717) is 0 Å². The molecule has 2 nitrogen and oxygen atoms in total. The Morgan fingerprint density at radius 2 is 1.19 bits per heavy atom. The fourth-order valence-electron chi connectivity index (χ4n) is 10.1. The maximum absolute atomic E-state index is 2.74. The van der Waals surface area contributed by atoms with Gasteiger partial charge in [-0.15, -0.1) is 11.3 Å². The zero-order valence-corrected chi connectivity index (χ0v) is 35.0. The molecular formula is C53H47BN2S. The fraction of sp³-hybridized carbons (Fsp3) is 0.208. The molecule has 0 amide bonds. The molecule has 3 aliphatic heterocycles. The molecule has 3 aliphatic rings. The van der Waals surface area contributed by atoms with Gasteiger partial charge in [-0.25, -0.2) is 0 Å². The maximum atomic E-state index is 2.74. The first-order valence-corrected chi connectivity index (χ1v) is 21.3. The maximum Gasteiger partial charge on any atom is 0.334 e. The van der Waals surface area contributed by atoms with Crippen LogP contribution in [0.25, 0.3) is 42.4 Å². The number of thiophene rings is 1. The number of nitrogens with zero attached hydrogens (tertiary/aromatic N) is 2. The van der Waals surface area contributed by atoms with Gasteiger partial charge in [-0.2, -0.15) is 0 Å². The third kappa shape index (κ3) is 4.83. The standard InChI is InChI=1S/C53H47BN2S/c1-51(2,3)33-25-27-42(38(29-33)32-17-10-9-11-18-32)55-44-28-26-37-35-19-12-15-24-46(35)57-50(37)48(44)54-47-39(30-34(31-45(47)55)52(4,5)6)36-20-16-22-41-49(36)56(54)43-23-14-13-21-40(43)53(41,7)8/h9-31H,1-8H3. The summed E-state index contributed by atoms with van der Waals surface area (Å²) in [6, 6.07) is 53.5. The Kier molecular flexibility index (Phi) is 7.14. The third-order valence-electron chi connectivity index (χ3n) is 13.1. The number of anilines is 5. The molecule has 4 heteroatoms. The second-order valence-electron chi connectivity index (χ2n) is 19.0. The van der Waals surface area contributed by atoms with Crippen molar-refractivity contribution in [2.75, 3.05) is 9.71 Å². The average molecular weight is 755 g/mol. The molecule has 1 aromatic heterocycles. The van der Waals surface area contributed by atoms with Gasteiger partial charge >= 0.3 is 6.85 Å². The molecule has 0 saturated heterocycles. The van der Waals surface area contributed by atoms with E-state index < -0.39 is 0 Å². The van der Waals surface area contributed by atoms with Crippen molar-refractivity contribution in [3.63, 3.8) is 0 Å². The molecule has 8 aromatic rings. The molecule has 0 unspecified atom stereocenters. The molecular weight excluding hydrogens is 707 g/mol. The summed E-state index contributed by atoms with van der Waals surface area (Å²) < 4.78 is 2.70. The molecule has 11 rings (SSSR count). The molecule has 278 valence electrons. The van der Waals surface area contributed by atoms with Crippen LogP contribution in [-0.4, -0.2) is 6.85 Å². The predicted molar refractivity (Wildman–Crippen MR) is 248 cm³/mol. The van der Waals surface area contributed by atoms with Crippen LogP contribution in [0.1, 0.15) is 77.6 Å². The second-order valence-corrected chi connectivity index (χ2v) is 20.0. The van der Waals surface area contributed by atoms with E-state index in [4.69, 9.17) is 0 Å². The molecule has 57 heavy (non-hydrogen) atoms. The van der Waals surface area contributed by atoms with Gasteiger partial charge in [0.25, 0.3) is 0 Å². The van der Waals surface area contributed by atoms with E-state index in [2.05, 4.69) is 205 Å². The first-order valence-electron chi connectivity index (χ1n) is 20.5. The molecule has 0 N–H and O–H groups in total. The van der Waals surface area contributed by atoms with Gasteiger partial charge in [0.1, 0.15) is 0 Å². The minimum atomic E-state index is -0.160. The summed E-state index contributed by atoms with van der Waals surface area (Å²) in [5, 5.41) is 2.67. The van der Waals surface area contributed by atoms with Crippen LogP contribution in [0, 0.1) is 0 Å². The normalized spacial score (nSPS) is 15.1. The number of rotatable bonds is 2. The first kappa shape index (κ1) is 34.7. The van der Waals surface area contributed by atoms with Gasteiger partial charge in [-0.3, -0.25) is 0 Å². The van der Waals surface area contributed by atoms with Crippen molar-refractivity contribution in [3.05, 3.63) is 162 Å². The largest absolute Gasteiger partial charge is 0.376 e. The zero-order chi connectivity index (χ0) is 39.2. The van der Waals surface area contributed by atoms with Crippen molar-refractivity contribution in [2.45, 2.75) is 71.6 Å². The van der Waals surface area contributed by atoms with Crippen molar-refractivity contribution in [1.82, 2.24) is 0 Å². The number of para-hydroxylation sites is 2. The Morgan fingerprint density at radius 3 is 1.98 bits per heavy atom. The van der Waals surface area contributed by atoms with E-state index in [1.54, 1.807) is 0 Å². The highest BCUT2D eigenvalue weighted by Crippen LogP contribution is 2.57. The predicted octanol–water partition coefficient (Wildman–Crippen LogP) is 13.7. The molecule has 0 atom stereocenters. The van der Waals surface area contributed by atoms with Gasteiger partial charge in [0.2, 0.25) is 0 Å². The Morgan fingerprint density at radius 1 is 0.509 bits per heavy atom. The highest BCUT2D eigenvalue weighted by atomic mass is 32.1. The SMILES string of the molecule is CC(C)(C)c1ccc(N2c3cc(C(C)(C)C)cc4c3B(c3c2ccc2c3sc3ccccc32)N2c3ccccc3C(C)(C)c3cccc-4c32)c(-c2ccccc2)c1. The van der Waals surface area contributed by atoms with Gasteiger partial charge in [0, 0.05) is 59.5 Å². The molecule has 0 bridgehead atoms. The first-order chi connectivity index (χ1) is 27.3. The summed E-state index contributed by atoms with van der Waals surface area (Å²) in [5.41, 5.74) is 19.6. The van der Waals surface area contributed by atoms with Crippen LogP contribution in [0.4, 0.5) is 28.4 Å². The van der Waals surface area contributed by atoms with Crippen LogP contribution in [0.3, 0.4) is 0 Å². The average Bonchev–Trinajstić information content (AvgIpc) is 3.58. The van der Waals surface area contributed by atoms with Crippen molar-refractivity contribution in [1.29, 1.82) is 0 Å². The van der Waals surface area contributed by atoms with Crippen LogP contribution >= 0.6 is 11.3 Å². The number of benzene rings is 7. The van der Waals surface area contributed by atoms with E-state index >= 15 is 0 Å². The van der Waals surface area contributed by atoms with E-state index in [1.807, 2.05) is 11.3 Å². The monoisotopic (exact) mass is 754 g/mol. The molecule has 0 spiro atoms. The summed E-state index contributed by atoms with van der Waals surface area (Å²) in [4.78, 5) is 5.39. The minimum Gasteiger partial charge on any atom is -0.376 e. The lowest BCUT2D eigenvalue weighted by atomic mass is 9.42. The van der Waals surface area contributed by atoms with Crippen molar-refractivity contribution < 1.29 is 0 Å². The highest BCUT2D eigenvalue weighted by molar-refractivity contribution is 7.27. The van der Waals surface area contributed by atoms with E-state index in [0.717, 1.165) is 0 Å². The molecule has 0 fully saturated rings. The molecule has 0 aliphatic carbocycles. The minimum absolute atomic E-state index is 0.00162. The molecule has 7 aromatic carbocycles. The summed E-state index contributed by atoms with van der Waals surface area (Å²) in [6.07, 6.45) is 0. The van der Waals surface area contributed by atoms with Gasteiger partial charge in [0.05, 0.1) is 5.69 Å². The second kappa shape index (κ2) is 11.7. The lowest BCUT2D eigenvalue weighted by Crippen LogP contribution is -2.63. The molecule has 4 heterocycles. The summed E-state index contributed by atoms with van der Waals surface area (Å²) in [5.74, 6) is 0. The van der Waals surface area contributed by atoms with Gasteiger partial charge < -0.3 is 9.71 Å². The Labute approximate surface area is 341 Å². The smallest absolute Gasteiger partial charge is 0.334 e. The van der Waals surface area contributed by atoms with E-state index in [-0.39, 0.29) is 23.1 Å². The summed E-state index contributed by atoms with van der Waals surface area (Å²) in [7, 11) is 0.